The molecule has 136 valence electrons. The molecule has 1 heterocycles. The maximum atomic E-state index is 13.7. The molecule has 0 spiro atoms. The van der Waals surface area contributed by atoms with Gasteiger partial charge in [0.15, 0.2) is 11.6 Å². The second kappa shape index (κ2) is 8.71. The van der Waals surface area contributed by atoms with E-state index in [9.17, 15) is 4.39 Å². The molecule has 0 aliphatic rings. The minimum absolute atomic E-state index is 0.244. The second-order valence-corrected chi connectivity index (χ2v) is 6.39. The molecule has 0 saturated carbocycles. The van der Waals surface area contributed by atoms with Crippen LogP contribution in [0.5, 0.6) is 11.5 Å². The van der Waals surface area contributed by atoms with Crippen LogP contribution in [0.1, 0.15) is 18.4 Å². The maximum Gasteiger partial charge on any atom is 0.236 e. The van der Waals surface area contributed by atoms with E-state index in [-0.39, 0.29) is 11.6 Å². The smallest absolute Gasteiger partial charge is 0.236 e. The van der Waals surface area contributed by atoms with Gasteiger partial charge in [0.05, 0.1) is 25.0 Å². The zero-order valence-electron chi connectivity index (χ0n) is 14.6. The Hall–Kier alpha value is -2.54. The van der Waals surface area contributed by atoms with Gasteiger partial charge in [0, 0.05) is 5.75 Å². The van der Waals surface area contributed by atoms with Crippen molar-refractivity contribution in [3.63, 3.8) is 0 Å². The fraction of sp³-hybridized carbons (Fsp3) is 0.263. The SMILES string of the molecule is CCOc1ccccc1-c1noc(CSCc2ccc(OC)c(F)c2)n1. The molecule has 0 unspecified atom stereocenters. The number of halogens is 1. The summed E-state index contributed by atoms with van der Waals surface area (Å²) in [5.41, 5.74) is 1.67. The molecule has 0 amide bonds. The molecule has 1 aromatic heterocycles. The average molecular weight is 374 g/mol. The van der Waals surface area contributed by atoms with Crippen LogP contribution >= 0.6 is 11.8 Å². The van der Waals surface area contributed by atoms with Crippen molar-refractivity contribution >= 4 is 11.8 Å². The Morgan fingerprint density at radius 1 is 1.12 bits per heavy atom. The van der Waals surface area contributed by atoms with Crippen molar-refractivity contribution in [2.75, 3.05) is 13.7 Å². The summed E-state index contributed by atoms with van der Waals surface area (Å²) in [5, 5.41) is 4.04. The lowest BCUT2D eigenvalue weighted by molar-refractivity contribution is 0.341. The van der Waals surface area contributed by atoms with Crippen molar-refractivity contribution in [2.45, 2.75) is 18.4 Å². The Bertz CT molecular complexity index is 869. The number of ether oxygens (including phenoxy) is 2. The average Bonchev–Trinajstić information content (AvgIpc) is 3.11. The summed E-state index contributed by atoms with van der Waals surface area (Å²) in [6.07, 6.45) is 0. The molecule has 0 saturated heterocycles. The molecule has 0 atom stereocenters. The van der Waals surface area contributed by atoms with E-state index in [4.69, 9.17) is 14.0 Å². The minimum atomic E-state index is -0.363. The first-order valence-electron chi connectivity index (χ1n) is 8.16. The number of aromatic nitrogens is 2. The summed E-state index contributed by atoms with van der Waals surface area (Å²) in [7, 11) is 1.45. The van der Waals surface area contributed by atoms with E-state index in [2.05, 4.69) is 10.1 Å². The van der Waals surface area contributed by atoms with Crippen molar-refractivity contribution < 1.29 is 18.4 Å². The first kappa shape index (κ1) is 18.3. The van der Waals surface area contributed by atoms with E-state index in [0.717, 1.165) is 16.9 Å². The number of para-hydroxylation sites is 1. The van der Waals surface area contributed by atoms with Gasteiger partial charge in [0.1, 0.15) is 5.75 Å². The van der Waals surface area contributed by atoms with Crippen LogP contribution in [0, 0.1) is 5.82 Å². The van der Waals surface area contributed by atoms with Crippen LogP contribution in [0.15, 0.2) is 47.0 Å². The van der Waals surface area contributed by atoms with Gasteiger partial charge in [-0.1, -0.05) is 23.4 Å². The molecule has 5 nitrogen and oxygen atoms in total. The predicted octanol–water partition coefficient (Wildman–Crippen LogP) is 4.72. The minimum Gasteiger partial charge on any atom is -0.494 e. The third-order valence-electron chi connectivity index (χ3n) is 3.61. The Morgan fingerprint density at radius 3 is 2.73 bits per heavy atom. The second-order valence-electron chi connectivity index (χ2n) is 5.40. The molecule has 0 fully saturated rings. The highest BCUT2D eigenvalue weighted by Crippen LogP contribution is 2.28. The molecule has 0 aliphatic carbocycles. The molecule has 3 aromatic rings. The number of thioether (sulfide) groups is 1. The van der Waals surface area contributed by atoms with Crippen molar-refractivity contribution in [2.24, 2.45) is 0 Å². The van der Waals surface area contributed by atoms with Crippen LogP contribution in [0.4, 0.5) is 4.39 Å². The van der Waals surface area contributed by atoms with Gasteiger partial charge in [-0.15, -0.1) is 11.8 Å². The standard InChI is InChI=1S/C19H19FN2O3S/c1-3-24-16-7-5-4-6-14(16)19-21-18(25-22-19)12-26-11-13-8-9-17(23-2)15(20)10-13/h4-10H,3,11-12H2,1-2H3. The van der Waals surface area contributed by atoms with Crippen LogP contribution in [0.3, 0.4) is 0 Å². The van der Waals surface area contributed by atoms with Crippen molar-refractivity contribution in [1.29, 1.82) is 0 Å². The summed E-state index contributed by atoms with van der Waals surface area (Å²) in [6.45, 7) is 2.49. The van der Waals surface area contributed by atoms with Crippen LogP contribution in [-0.2, 0) is 11.5 Å². The molecule has 0 N–H and O–H groups in total. The highest BCUT2D eigenvalue weighted by molar-refractivity contribution is 7.97. The zero-order valence-corrected chi connectivity index (χ0v) is 15.4. The molecule has 0 bridgehead atoms. The van der Waals surface area contributed by atoms with E-state index in [1.807, 2.05) is 37.3 Å². The lowest BCUT2D eigenvalue weighted by Gasteiger charge is -2.06. The van der Waals surface area contributed by atoms with Gasteiger partial charge in [-0.05, 0) is 36.8 Å². The molecule has 0 aliphatic heterocycles. The number of hydrogen-bond donors (Lipinski definition) is 0. The first-order valence-corrected chi connectivity index (χ1v) is 9.31. The number of nitrogens with zero attached hydrogens (tertiary/aromatic N) is 2. The zero-order chi connectivity index (χ0) is 18.4. The topological polar surface area (TPSA) is 57.4 Å². The highest BCUT2D eigenvalue weighted by Gasteiger charge is 2.13. The molecular formula is C19H19FN2O3S. The lowest BCUT2D eigenvalue weighted by atomic mass is 10.2. The van der Waals surface area contributed by atoms with Crippen LogP contribution in [0.2, 0.25) is 0 Å². The third-order valence-corrected chi connectivity index (χ3v) is 4.59. The Kier molecular flexibility index (Phi) is 6.12. The fourth-order valence-electron chi connectivity index (χ4n) is 2.41. The van der Waals surface area contributed by atoms with Gasteiger partial charge in [-0.2, -0.15) is 4.98 Å². The molecule has 26 heavy (non-hydrogen) atoms. The summed E-state index contributed by atoms with van der Waals surface area (Å²) >= 11 is 1.57. The van der Waals surface area contributed by atoms with Crippen LogP contribution in [-0.4, -0.2) is 23.9 Å². The molecule has 7 heteroatoms. The van der Waals surface area contributed by atoms with Gasteiger partial charge in [0.2, 0.25) is 11.7 Å². The van der Waals surface area contributed by atoms with E-state index in [1.54, 1.807) is 17.8 Å². The first-order chi connectivity index (χ1) is 12.7. The summed E-state index contributed by atoms with van der Waals surface area (Å²) in [5.74, 6) is 2.80. The lowest BCUT2D eigenvalue weighted by Crippen LogP contribution is -1.94. The van der Waals surface area contributed by atoms with Crippen molar-refractivity contribution in [3.05, 3.63) is 59.7 Å². The van der Waals surface area contributed by atoms with Gasteiger partial charge >= 0.3 is 0 Å². The van der Waals surface area contributed by atoms with E-state index in [1.165, 1.54) is 13.2 Å². The number of benzene rings is 2. The fourth-order valence-corrected chi connectivity index (χ4v) is 3.22. The van der Waals surface area contributed by atoms with Gasteiger partial charge in [0.25, 0.3) is 0 Å². The number of hydrogen-bond acceptors (Lipinski definition) is 6. The Labute approximate surface area is 155 Å². The van der Waals surface area contributed by atoms with Gasteiger partial charge in [-0.25, -0.2) is 4.39 Å². The Morgan fingerprint density at radius 2 is 1.96 bits per heavy atom. The van der Waals surface area contributed by atoms with Crippen LogP contribution < -0.4 is 9.47 Å². The van der Waals surface area contributed by atoms with E-state index in [0.29, 0.717) is 29.8 Å². The normalized spacial score (nSPS) is 10.7. The highest BCUT2D eigenvalue weighted by atomic mass is 32.2. The molecule has 3 rings (SSSR count). The predicted molar refractivity (Wildman–Crippen MR) is 98.9 cm³/mol. The van der Waals surface area contributed by atoms with Crippen molar-refractivity contribution in [3.8, 4) is 22.9 Å². The van der Waals surface area contributed by atoms with Crippen LogP contribution in [0.25, 0.3) is 11.4 Å². The largest absolute Gasteiger partial charge is 0.494 e. The quantitative estimate of drug-likeness (QED) is 0.569. The van der Waals surface area contributed by atoms with Gasteiger partial charge < -0.3 is 14.0 Å². The summed E-state index contributed by atoms with van der Waals surface area (Å²) in [4.78, 5) is 4.43. The maximum absolute atomic E-state index is 13.7. The van der Waals surface area contributed by atoms with E-state index >= 15 is 0 Å². The molecular weight excluding hydrogens is 355 g/mol. The number of methoxy groups -OCH3 is 1. The monoisotopic (exact) mass is 374 g/mol. The summed E-state index contributed by atoms with van der Waals surface area (Å²) in [6, 6.07) is 12.5. The number of rotatable bonds is 8. The van der Waals surface area contributed by atoms with E-state index < -0.39 is 0 Å². The van der Waals surface area contributed by atoms with Gasteiger partial charge in [-0.3, -0.25) is 0 Å². The molecule has 2 aromatic carbocycles. The molecule has 0 radical (unpaired) electrons. The summed E-state index contributed by atoms with van der Waals surface area (Å²) < 4.78 is 29.5. The van der Waals surface area contributed by atoms with Crippen molar-refractivity contribution in [1.82, 2.24) is 10.1 Å². The Balaban J connectivity index is 1.62. The third kappa shape index (κ3) is 4.35.